The number of hydrogen-bond donors (Lipinski definition) is 2. The van der Waals surface area contributed by atoms with Crippen LogP contribution >= 0.6 is 0 Å². The summed E-state index contributed by atoms with van der Waals surface area (Å²) in [6.07, 6.45) is 6.08. The molecule has 0 radical (unpaired) electrons. The Hall–Kier alpha value is -1.26. The van der Waals surface area contributed by atoms with E-state index in [0.29, 0.717) is 12.5 Å². The molecule has 0 unspecified atom stereocenters. The van der Waals surface area contributed by atoms with Gasteiger partial charge in [0, 0.05) is 12.1 Å². The first kappa shape index (κ1) is 15.8. The molecule has 0 saturated heterocycles. The van der Waals surface area contributed by atoms with Crippen molar-refractivity contribution in [3.63, 3.8) is 0 Å². The lowest BCUT2D eigenvalue weighted by Gasteiger charge is -2.35. The van der Waals surface area contributed by atoms with Crippen molar-refractivity contribution in [1.29, 1.82) is 0 Å². The number of amides is 2. The fourth-order valence-electron chi connectivity index (χ4n) is 2.47. The minimum Gasteiger partial charge on any atom is -0.480 e. The molecular weight excluding hydrogens is 244 g/mol. The number of carboxylic acids is 1. The summed E-state index contributed by atoms with van der Waals surface area (Å²) in [6.45, 7) is 5.92. The van der Waals surface area contributed by atoms with Gasteiger partial charge in [-0.05, 0) is 39.5 Å². The van der Waals surface area contributed by atoms with Gasteiger partial charge in [0.05, 0.1) is 0 Å². The predicted molar refractivity (Wildman–Crippen MR) is 74.1 cm³/mol. The molecule has 1 aliphatic carbocycles. The molecule has 1 fully saturated rings. The third-order valence-corrected chi connectivity index (χ3v) is 3.61. The molecular formula is C14H26N2O3. The molecule has 0 aromatic rings. The van der Waals surface area contributed by atoms with Crippen molar-refractivity contribution in [1.82, 2.24) is 10.2 Å². The number of carbonyl (C=O) groups excluding carboxylic acids is 1. The molecule has 0 atom stereocenters. The Labute approximate surface area is 115 Å². The summed E-state index contributed by atoms with van der Waals surface area (Å²) in [5.74, 6) is -0.438. The van der Waals surface area contributed by atoms with E-state index in [1.165, 1.54) is 24.2 Å². The number of aliphatic carboxylic acids is 1. The molecule has 0 aromatic carbocycles. The van der Waals surface area contributed by atoms with Crippen LogP contribution in [0.4, 0.5) is 4.79 Å². The molecule has 2 N–H and O–H groups in total. The fraction of sp³-hybridized carbons (Fsp3) is 0.857. The molecule has 0 aromatic heterocycles. The van der Waals surface area contributed by atoms with E-state index < -0.39 is 11.5 Å². The summed E-state index contributed by atoms with van der Waals surface area (Å²) in [6, 6.07) is -0.277. The monoisotopic (exact) mass is 270 g/mol. The fourth-order valence-corrected chi connectivity index (χ4v) is 2.47. The molecule has 0 aliphatic heterocycles. The van der Waals surface area contributed by atoms with E-state index in [2.05, 4.69) is 5.32 Å². The molecule has 5 heteroatoms. The summed E-state index contributed by atoms with van der Waals surface area (Å²) in [4.78, 5) is 24.3. The van der Waals surface area contributed by atoms with Gasteiger partial charge in [-0.1, -0.05) is 19.3 Å². The van der Waals surface area contributed by atoms with Crippen molar-refractivity contribution in [2.75, 3.05) is 13.1 Å². The van der Waals surface area contributed by atoms with E-state index in [1.54, 1.807) is 0 Å². The lowest BCUT2D eigenvalue weighted by molar-refractivity contribution is -0.138. The van der Waals surface area contributed by atoms with E-state index in [9.17, 15) is 9.59 Å². The average molecular weight is 270 g/mol. The first-order valence-corrected chi connectivity index (χ1v) is 7.08. The summed E-state index contributed by atoms with van der Waals surface area (Å²) in [5, 5.41) is 11.8. The molecule has 19 heavy (non-hydrogen) atoms. The van der Waals surface area contributed by atoms with E-state index in [0.717, 1.165) is 12.8 Å². The van der Waals surface area contributed by atoms with E-state index >= 15 is 0 Å². The zero-order chi connectivity index (χ0) is 14.5. The van der Waals surface area contributed by atoms with Crippen molar-refractivity contribution >= 4 is 12.0 Å². The second-order valence-corrected chi connectivity index (χ2v) is 6.34. The summed E-state index contributed by atoms with van der Waals surface area (Å²) < 4.78 is 0. The Morgan fingerprint density at radius 3 is 2.26 bits per heavy atom. The highest BCUT2D eigenvalue weighted by Crippen LogP contribution is 2.23. The van der Waals surface area contributed by atoms with E-state index in [4.69, 9.17) is 5.11 Å². The van der Waals surface area contributed by atoms with Gasteiger partial charge in [-0.25, -0.2) is 4.79 Å². The number of nitrogens with one attached hydrogen (secondary N) is 1. The third-order valence-electron chi connectivity index (χ3n) is 3.61. The van der Waals surface area contributed by atoms with Crippen molar-refractivity contribution in [3.05, 3.63) is 0 Å². The highest BCUT2D eigenvalue weighted by Gasteiger charge is 2.28. The van der Waals surface area contributed by atoms with Crippen LogP contribution in [0.25, 0.3) is 0 Å². The van der Waals surface area contributed by atoms with Crippen molar-refractivity contribution < 1.29 is 14.7 Å². The van der Waals surface area contributed by atoms with Gasteiger partial charge in [-0.2, -0.15) is 0 Å². The van der Waals surface area contributed by atoms with Crippen LogP contribution in [0.1, 0.15) is 52.9 Å². The van der Waals surface area contributed by atoms with Crippen LogP contribution in [0, 0.1) is 5.92 Å². The molecule has 0 heterocycles. The van der Waals surface area contributed by atoms with Crippen molar-refractivity contribution in [3.8, 4) is 0 Å². The van der Waals surface area contributed by atoms with Crippen molar-refractivity contribution in [2.24, 2.45) is 5.92 Å². The Bertz CT molecular complexity index is 317. The number of urea groups is 1. The lowest BCUT2D eigenvalue weighted by atomic mass is 9.89. The first-order valence-electron chi connectivity index (χ1n) is 7.08. The number of carboxylic acid groups (broad SMARTS) is 1. The van der Waals surface area contributed by atoms with Gasteiger partial charge in [0.25, 0.3) is 0 Å². The molecule has 2 amide bonds. The normalized spacial score (nSPS) is 17.0. The summed E-state index contributed by atoms with van der Waals surface area (Å²) in [7, 11) is 0. The molecule has 0 spiro atoms. The Morgan fingerprint density at radius 2 is 1.79 bits per heavy atom. The van der Waals surface area contributed by atoms with Gasteiger partial charge in [-0.15, -0.1) is 0 Å². The zero-order valence-corrected chi connectivity index (χ0v) is 12.2. The van der Waals surface area contributed by atoms with Gasteiger partial charge < -0.3 is 15.3 Å². The van der Waals surface area contributed by atoms with Crippen LogP contribution in [0.2, 0.25) is 0 Å². The number of nitrogens with zero attached hydrogens (tertiary/aromatic N) is 1. The van der Waals surface area contributed by atoms with Crippen LogP contribution in [0.5, 0.6) is 0 Å². The second kappa shape index (κ2) is 6.78. The van der Waals surface area contributed by atoms with Crippen LogP contribution in [-0.4, -0.2) is 40.6 Å². The lowest BCUT2D eigenvalue weighted by Crippen LogP contribution is -2.53. The van der Waals surface area contributed by atoms with Crippen LogP contribution in [0.3, 0.4) is 0 Å². The van der Waals surface area contributed by atoms with E-state index in [1.807, 2.05) is 20.8 Å². The Morgan fingerprint density at radius 1 is 1.21 bits per heavy atom. The molecule has 5 nitrogen and oxygen atoms in total. The third kappa shape index (κ3) is 5.49. The van der Waals surface area contributed by atoms with E-state index in [-0.39, 0.29) is 12.6 Å². The highest BCUT2D eigenvalue weighted by atomic mass is 16.4. The van der Waals surface area contributed by atoms with Crippen LogP contribution < -0.4 is 5.32 Å². The van der Waals surface area contributed by atoms with Crippen LogP contribution in [-0.2, 0) is 4.79 Å². The predicted octanol–water partition coefficient (Wildman–Crippen LogP) is 2.46. The zero-order valence-electron chi connectivity index (χ0n) is 12.2. The van der Waals surface area contributed by atoms with Crippen molar-refractivity contribution in [2.45, 2.75) is 58.4 Å². The maximum absolute atomic E-state index is 12.1. The maximum atomic E-state index is 12.1. The largest absolute Gasteiger partial charge is 0.480 e. The van der Waals surface area contributed by atoms with Gasteiger partial charge in [0.15, 0.2) is 0 Å². The molecule has 0 bridgehead atoms. The highest BCUT2D eigenvalue weighted by molar-refractivity contribution is 5.80. The van der Waals surface area contributed by atoms with Gasteiger partial charge in [0.1, 0.15) is 6.54 Å². The van der Waals surface area contributed by atoms with Gasteiger partial charge in [-0.3, -0.25) is 4.79 Å². The number of rotatable bonds is 4. The smallest absolute Gasteiger partial charge is 0.323 e. The maximum Gasteiger partial charge on any atom is 0.323 e. The summed E-state index contributed by atoms with van der Waals surface area (Å²) >= 11 is 0. The average Bonchev–Trinajstić information content (AvgIpc) is 2.33. The first-order chi connectivity index (χ1) is 8.80. The van der Waals surface area contributed by atoms with Gasteiger partial charge >= 0.3 is 12.0 Å². The molecule has 1 rings (SSSR count). The number of carbonyl (C=O) groups is 2. The van der Waals surface area contributed by atoms with Gasteiger partial charge in [0.2, 0.25) is 0 Å². The molecule has 1 saturated carbocycles. The minimum absolute atomic E-state index is 0.264. The minimum atomic E-state index is -0.984. The molecule has 1 aliphatic rings. The number of hydrogen-bond acceptors (Lipinski definition) is 2. The quantitative estimate of drug-likeness (QED) is 0.824. The topological polar surface area (TPSA) is 69.6 Å². The SMILES string of the molecule is CC(C)(C)N(CC(=O)O)C(=O)NCC1CCCCC1. The molecule has 110 valence electrons. The summed E-state index contributed by atoms with van der Waals surface area (Å²) in [5.41, 5.74) is -0.491. The Kier molecular flexibility index (Phi) is 5.63. The standard InChI is InChI=1S/C14H26N2O3/c1-14(2,3)16(10-12(17)18)13(19)15-9-11-7-5-4-6-8-11/h11H,4-10H2,1-3H3,(H,15,19)(H,17,18). The Balaban J connectivity index is 2.49. The second-order valence-electron chi connectivity index (χ2n) is 6.34. The van der Waals surface area contributed by atoms with Crippen LogP contribution in [0.15, 0.2) is 0 Å².